The van der Waals surface area contributed by atoms with Crippen molar-refractivity contribution in [1.29, 1.82) is 0 Å². The highest BCUT2D eigenvalue weighted by molar-refractivity contribution is 5.87. The Kier molecular flexibility index (Phi) is 12.7. The van der Waals surface area contributed by atoms with Gasteiger partial charge in [-0.3, -0.25) is 9.59 Å². The van der Waals surface area contributed by atoms with Crippen LogP contribution in [-0.4, -0.2) is 102 Å². The second-order valence-electron chi connectivity index (χ2n) is 13.1. The maximum Gasteiger partial charge on any atom is 0.318 e. The molecule has 2 saturated carbocycles. The highest BCUT2D eigenvalue weighted by Gasteiger charge is 2.39. The molecular weight excluding hydrogens is 546 g/mol. The quantitative estimate of drug-likeness (QED) is 0.223. The van der Waals surface area contributed by atoms with Gasteiger partial charge in [0.15, 0.2) is 0 Å². The Hall–Kier alpha value is -2.69. The molecule has 0 radical (unpaired) electrons. The molecule has 43 heavy (non-hydrogen) atoms. The average molecular weight is 600 g/mol. The lowest BCUT2D eigenvalue weighted by molar-refractivity contribution is -0.124. The number of nitrogens with zero attached hydrogens (tertiary/aromatic N) is 2. The zero-order valence-electron chi connectivity index (χ0n) is 26.0. The Morgan fingerprint density at radius 1 is 0.930 bits per heavy atom. The number of carbonyl (C=O) groups is 3. The zero-order chi connectivity index (χ0) is 30.8. The molecule has 4 atom stereocenters. The zero-order valence-corrected chi connectivity index (χ0v) is 26.0. The van der Waals surface area contributed by atoms with E-state index < -0.39 is 24.3 Å². The number of likely N-dealkylation sites (tertiary alicyclic amines) is 1. The van der Waals surface area contributed by atoms with E-state index in [1.165, 1.54) is 6.42 Å². The normalized spacial score (nSPS) is 21.1. The van der Waals surface area contributed by atoms with Crippen molar-refractivity contribution in [2.24, 2.45) is 11.8 Å². The van der Waals surface area contributed by atoms with Gasteiger partial charge in [-0.15, -0.1) is 0 Å². The minimum atomic E-state index is -0.999. The summed E-state index contributed by atoms with van der Waals surface area (Å²) < 4.78 is 0. The highest BCUT2D eigenvalue weighted by atomic mass is 16.3. The van der Waals surface area contributed by atoms with Crippen molar-refractivity contribution in [2.75, 3.05) is 33.7 Å². The molecule has 1 aromatic carbocycles. The third-order valence-corrected chi connectivity index (χ3v) is 9.56. The Morgan fingerprint density at radius 2 is 1.60 bits per heavy atom. The Labute approximate surface area is 257 Å². The lowest BCUT2D eigenvalue weighted by atomic mass is 9.82. The fourth-order valence-corrected chi connectivity index (χ4v) is 6.61. The molecule has 1 aliphatic heterocycles. The van der Waals surface area contributed by atoms with Gasteiger partial charge in [-0.05, 0) is 63.6 Å². The third-order valence-electron chi connectivity index (χ3n) is 9.56. The summed E-state index contributed by atoms with van der Waals surface area (Å²) >= 11 is 0. The predicted octanol–water partition coefficient (Wildman–Crippen LogP) is 2.43. The van der Waals surface area contributed by atoms with Crippen molar-refractivity contribution in [3.8, 4) is 0 Å². The highest BCUT2D eigenvalue weighted by Crippen LogP contribution is 2.36. The lowest BCUT2D eigenvalue weighted by Gasteiger charge is -2.35. The van der Waals surface area contributed by atoms with Crippen LogP contribution in [0, 0.1) is 11.8 Å². The molecule has 0 bridgehead atoms. The molecule has 4 amide bonds. The summed E-state index contributed by atoms with van der Waals surface area (Å²) in [7, 11) is 4.11. The van der Waals surface area contributed by atoms with E-state index in [0.29, 0.717) is 37.9 Å². The molecule has 0 aromatic heterocycles. The number of aliphatic hydroxyl groups excluding tert-OH is 2. The van der Waals surface area contributed by atoms with E-state index in [4.69, 9.17) is 0 Å². The molecule has 3 fully saturated rings. The van der Waals surface area contributed by atoms with Crippen molar-refractivity contribution >= 4 is 17.8 Å². The molecule has 10 heteroatoms. The predicted molar refractivity (Wildman–Crippen MR) is 166 cm³/mol. The summed E-state index contributed by atoms with van der Waals surface area (Å²) in [6.07, 6.45) is 8.50. The summed E-state index contributed by atoms with van der Waals surface area (Å²) in [5, 5.41) is 30.3. The van der Waals surface area contributed by atoms with Gasteiger partial charge < -0.3 is 36.0 Å². The second kappa shape index (κ2) is 16.4. The smallest absolute Gasteiger partial charge is 0.318 e. The van der Waals surface area contributed by atoms with Gasteiger partial charge in [-0.1, -0.05) is 62.4 Å². The molecule has 1 heterocycles. The van der Waals surface area contributed by atoms with Crippen LogP contribution in [0.3, 0.4) is 0 Å². The van der Waals surface area contributed by atoms with Crippen LogP contribution in [0.25, 0.3) is 0 Å². The molecule has 4 rings (SSSR count). The van der Waals surface area contributed by atoms with Crippen LogP contribution in [0.15, 0.2) is 30.3 Å². The van der Waals surface area contributed by atoms with E-state index in [0.717, 1.165) is 56.9 Å². The number of nitrogens with one attached hydrogen (secondary N) is 3. The summed E-state index contributed by atoms with van der Waals surface area (Å²) in [5.74, 6) is -0.0707. The van der Waals surface area contributed by atoms with Crippen LogP contribution in [0.2, 0.25) is 0 Å². The number of amides is 4. The number of aliphatic hydroxyl groups is 2. The van der Waals surface area contributed by atoms with Crippen LogP contribution in [-0.2, 0) is 16.0 Å². The summed E-state index contributed by atoms with van der Waals surface area (Å²) in [6.45, 7) is 1.38. The minimum absolute atomic E-state index is 0.0448. The number of urea groups is 1. The molecule has 0 unspecified atom stereocenters. The van der Waals surface area contributed by atoms with Crippen LogP contribution < -0.4 is 16.0 Å². The van der Waals surface area contributed by atoms with Crippen LogP contribution in [0.1, 0.15) is 76.2 Å². The SMILES string of the molecule is CN(C)C1CCN(C(=O)N[C@@H](Cc2ccccc2)C(=O)NCCC(=O)N[C@@H](CC2CCCCC2)[C@@H](O)[C@@H](O)C2CC2)CC1. The van der Waals surface area contributed by atoms with Crippen LogP contribution in [0.4, 0.5) is 4.79 Å². The lowest BCUT2D eigenvalue weighted by Crippen LogP contribution is -2.55. The van der Waals surface area contributed by atoms with Crippen molar-refractivity contribution in [2.45, 2.75) is 107 Å². The Bertz CT molecular complexity index is 1020. The summed E-state index contributed by atoms with van der Waals surface area (Å²) in [6, 6.07) is 8.47. The molecule has 1 aromatic rings. The maximum atomic E-state index is 13.3. The van der Waals surface area contributed by atoms with E-state index in [1.54, 1.807) is 4.90 Å². The summed E-state index contributed by atoms with van der Waals surface area (Å²) in [4.78, 5) is 43.4. The van der Waals surface area contributed by atoms with Crippen molar-refractivity contribution in [3.63, 3.8) is 0 Å². The van der Waals surface area contributed by atoms with E-state index in [9.17, 15) is 24.6 Å². The fourth-order valence-electron chi connectivity index (χ4n) is 6.61. The van der Waals surface area contributed by atoms with Crippen LogP contribution in [0.5, 0.6) is 0 Å². The Balaban J connectivity index is 1.29. The van der Waals surface area contributed by atoms with E-state index >= 15 is 0 Å². The fraction of sp³-hybridized carbons (Fsp3) is 0.727. The van der Waals surface area contributed by atoms with Gasteiger partial charge in [0, 0.05) is 38.5 Å². The van der Waals surface area contributed by atoms with Gasteiger partial charge in [-0.2, -0.15) is 0 Å². The monoisotopic (exact) mass is 599 g/mol. The minimum Gasteiger partial charge on any atom is -0.390 e. The molecule has 0 spiro atoms. The van der Waals surface area contributed by atoms with E-state index in [2.05, 4.69) is 34.9 Å². The largest absolute Gasteiger partial charge is 0.390 e. The average Bonchev–Trinajstić information content (AvgIpc) is 3.86. The molecule has 1 saturated heterocycles. The first kappa shape index (κ1) is 33.2. The van der Waals surface area contributed by atoms with Crippen molar-refractivity contribution in [1.82, 2.24) is 25.8 Å². The number of rotatable bonds is 14. The maximum absolute atomic E-state index is 13.3. The van der Waals surface area contributed by atoms with E-state index in [1.807, 2.05) is 30.3 Å². The van der Waals surface area contributed by atoms with E-state index in [-0.39, 0.29) is 36.7 Å². The molecular formula is C33H53N5O5. The number of hydrogen-bond donors (Lipinski definition) is 5. The van der Waals surface area contributed by atoms with Gasteiger partial charge in [0.25, 0.3) is 0 Å². The second-order valence-corrected chi connectivity index (χ2v) is 13.1. The third kappa shape index (κ3) is 10.5. The van der Waals surface area contributed by atoms with Gasteiger partial charge in [0.1, 0.15) is 12.1 Å². The van der Waals surface area contributed by atoms with Crippen molar-refractivity contribution in [3.05, 3.63) is 35.9 Å². The van der Waals surface area contributed by atoms with Gasteiger partial charge in [-0.25, -0.2) is 4.79 Å². The van der Waals surface area contributed by atoms with Gasteiger partial charge in [0.2, 0.25) is 11.8 Å². The van der Waals surface area contributed by atoms with Gasteiger partial charge in [0.05, 0.1) is 12.1 Å². The molecule has 2 aliphatic carbocycles. The molecule has 5 N–H and O–H groups in total. The van der Waals surface area contributed by atoms with Gasteiger partial charge >= 0.3 is 6.03 Å². The first-order chi connectivity index (χ1) is 20.7. The number of piperidine rings is 1. The standard InChI is InChI=1S/C33H53N5O5/c1-37(2)26-16-19-38(20-17-26)33(43)36-28(22-24-11-7-4-8-12-24)32(42)34-18-15-29(39)35-27(21-23-9-5-3-6-10-23)31(41)30(40)25-13-14-25/h4,7-8,11-12,23,25-28,30-31,40-41H,3,5-6,9-10,13-22H2,1-2H3,(H,34,42)(H,35,39)(H,36,43)/t27-,28-,30-,31+/m0/s1. The Morgan fingerprint density at radius 3 is 2.23 bits per heavy atom. The molecule has 10 nitrogen and oxygen atoms in total. The summed E-state index contributed by atoms with van der Waals surface area (Å²) in [5.41, 5.74) is 0.931. The molecule has 240 valence electrons. The molecule has 3 aliphatic rings. The first-order valence-electron chi connectivity index (χ1n) is 16.4. The topological polar surface area (TPSA) is 134 Å². The first-order valence-corrected chi connectivity index (χ1v) is 16.4. The van der Waals surface area contributed by atoms with Crippen molar-refractivity contribution < 1.29 is 24.6 Å². The van der Waals surface area contributed by atoms with Crippen LogP contribution >= 0.6 is 0 Å². The number of hydrogen-bond acceptors (Lipinski definition) is 6. The number of benzene rings is 1. The number of carbonyl (C=O) groups excluding carboxylic acids is 3.